The highest BCUT2D eigenvalue weighted by Crippen LogP contribution is 2.42. The lowest BCUT2D eigenvalue weighted by Gasteiger charge is -2.38. The molecule has 2 aliphatic heterocycles. The maximum atomic E-state index is 9.26. The number of aliphatic hydroxyl groups excluding tert-OH is 1. The molecule has 0 saturated carbocycles. The second kappa shape index (κ2) is 5.89. The molecule has 2 rings (SSSR count). The minimum Gasteiger partial charge on any atom is -0.394 e. The molecule has 0 spiro atoms. The van der Waals surface area contributed by atoms with Crippen LogP contribution in [0, 0.1) is 5.92 Å². The van der Waals surface area contributed by atoms with Gasteiger partial charge in [-0.15, -0.1) is 0 Å². The summed E-state index contributed by atoms with van der Waals surface area (Å²) < 4.78 is 11.8. The Morgan fingerprint density at radius 1 is 1.25 bits per heavy atom. The van der Waals surface area contributed by atoms with Gasteiger partial charge in [0.2, 0.25) is 0 Å². The molecule has 2 aliphatic rings. The van der Waals surface area contributed by atoms with Crippen LogP contribution in [0.1, 0.15) is 27.7 Å². The van der Waals surface area contributed by atoms with Crippen LogP contribution in [0.5, 0.6) is 0 Å². The molecule has 0 aromatic rings. The van der Waals surface area contributed by atoms with Crippen LogP contribution < -0.4 is 5.32 Å². The number of rotatable bonds is 4. The van der Waals surface area contributed by atoms with Gasteiger partial charge in [0, 0.05) is 31.6 Å². The lowest BCUT2D eigenvalue weighted by Crippen LogP contribution is -2.53. The molecule has 0 aliphatic carbocycles. The standard InChI is InChI=1S/C15H30N2O3/c1-14(2)12(13(16-5)15(3,4)20-14)9-17-6-7-19-11(8-17)10-18/h11-13,16,18H,6-10H2,1-5H3. The predicted molar refractivity (Wildman–Crippen MR) is 78.8 cm³/mol. The number of hydrogen-bond acceptors (Lipinski definition) is 5. The SMILES string of the molecule is CNC1C(CN2CCOC(CO)C2)C(C)(C)OC1(C)C. The van der Waals surface area contributed by atoms with Crippen LogP contribution in [0.15, 0.2) is 0 Å². The Morgan fingerprint density at radius 3 is 2.55 bits per heavy atom. The largest absolute Gasteiger partial charge is 0.394 e. The summed E-state index contributed by atoms with van der Waals surface area (Å²) in [7, 11) is 2.01. The van der Waals surface area contributed by atoms with Gasteiger partial charge in [-0.1, -0.05) is 0 Å². The number of nitrogens with one attached hydrogen (secondary N) is 1. The van der Waals surface area contributed by atoms with E-state index in [9.17, 15) is 5.11 Å². The van der Waals surface area contributed by atoms with Crippen molar-refractivity contribution in [3.05, 3.63) is 0 Å². The van der Waals surface area contributed by atoms with E-state index in [1.807, 2.05) is 7.05 Å². The third-order valence-electron chi connectivity index (χ3n) is 4.76. The second-order valence-electron chi connectivity index (χ2n) is 7.12. The monoisotopic (exact) mass is 286 g/mol. The van der Waals surface area contributed by atoms with Gasteiger partial charge in [0.15, 0.2) is 0 Å². The molecule has 0 aromatic heterocycles. The first-order valence-corrected chi connectivity index (χ1v) is 7.62. The second-order valence-corrected chi connectivity index (χ2v) is 7.12. The summed E-state index contributed by atoms with van der Waals surface area (Å²) >= 11 is 0. The Hall–Kier alpha value is -0.200. The van der Waals surface area contributed by atoms with Crippen LogP contribution in [0.25, 0.3) is 0 Å². The van der Waals surface area contributed by atoms with Crippen LogP contribution in [0.3, 0.4) is 0 Å². The molecular formula is C15H30N2O3. The summed E-state index contributed by atoms with van der Waals surface area (Å²) in [5.74, 6) is 0.417. The minimum absolute atomic E-state index is 0.0461. The first kappa shape index (κ1) is 16.2. The van der Waals surface area contributed by atoms with Crippen molar-refractivity contribution in [2.75, 3.05) is 39.9 Å². The topological polar surface area (TPSA) is 54.0 Å². The fourth-order valence-electron chi connectivity index (χ4n) is 3.91. The Balaban J connectivity index is 2.06. The van der Waals surface area contributed by atoms with Gasteiger partial charge in [0.25, 0.3) is 0 Å². The van der Waals surface area contributed by atoms with E-state index in [0.29, 0.717) is 18.6 Å². The molecule has 0 radical (unpaired) electrons. The molecule has 2 fully saturated rings. The van der Waals surface area contributed by atoms with Gasteiger partial charge in [-0.3, -0.25) is 4.90 Å². The van der Waals surface area contributed by atoms with Gasteiger partial charge in [-0.2, -0.15) is 0 Å². The molecule has 2 N–H and O–H groups in total. The summed E-state index contributed by atoms with van der Waals surface area (Å²) in [6, 6.07) is 0.327. The van der Waals surface area contributed by atoms with Crippen molar-refractivity contribution in [2.24, 2.45) is 5.92 Å². The predicted octanol–water partition coefficient (Wildman–Crippen LogP) is 0.471. The first-order valence-electron chi connectivity index (χ1n) is 7.62. The van der Waals surface area contributed by atoms with Crippen LogP contribution in [-0.4, -0.2) is 73.3 Å². The molecule has 5 heteroatoms. The Bertz CT molecular complexity index is 333. The summed E-state index contributed by atoms with van der Waals surface area (Å²) in [5.41, 5.74) is -0.310. The number of ether oxygens (including phenoxy) is 2. The Labute approximate surface area is 122 Å². The van der Waals surface area contributed by atoms with E-state index in [0.717, 1.165) is 19.6 Å². The van der Waals surface area contributed by atoms with Crippen molar-refractivity contribution >= 4 is 0 Å². The minimum atomic E-state index is -0.161. The highest BCUT2D eigenvalue weighted by atomic mass is 16.5. The van der Waals surface area contributed by atoms with Crippen molar-refractivity contribution < 1.29 is 14.6 Å². The zero-order valence-electron chi connectivity index (χ0n) is 13.5. The molecule has 3 unspecified atom stereocenters. The van der Waals surface area contributed by atoms with Gasteiger partial charge in [-0.25, -0.2) is 0 Å². The number of hydrogen-bond donors (Lipinski definition) is 2. The number of morpholine rings is 1. The van der Waals surface area contributed by atoms with E-state index in [1.54, 1.807) is 0 Å². The molecule has 118 valence electrons. The fourth-order valence-corrected chi connectivity index (χ4v) is 3.91. The van der Waals surface area contributed by atoms with Crippen molar-refractivity contribution in [1.82, 2.24) is 10.2 Å². The van der Waals surface area contributed by atoms with E-state index in [4.69, 9.17) is 9.47 Å². The van der Waals surface area contributed by atoms with Crippen LogP contribution in [-0.2, 0) is 9.47 Å². The highest BCUT2D eigenvalue weighted by molar-refractivity contribution is 5.05. The number of likely N-dealkylation sites (N-methyl/N-ethyl adjacent to an activating group) is 1. The maximum Gasteiger partial charge on any atom is 0.0932 e. The molecule has 0 bridgehead atoms. The lowest BCUT2D eigenvalue weighted by molar-refractivity contribution is -0.0871. The molecule has 20 heavy (non-hydrogen) atoms. The molecule has 5 nitrogen and oxygen atoms in total. The molecular weight excluding hydrogens is 256 g/mol. The van der Waals surface area contributed by atoms with E-state index >= 15 is 0 Å². The number of aliphatic hydroxyl groups is 1. The van der Waals surface area contributed by atoms with E-state index in [-0.39, 0.29) is 23.9 Å². The van der Waals surface area contributed by atoms with Gasteiger partial charge in [0.05, 0.1) is 30.5 Å². The van der Waals surface area contributed by atoms with Crippen molar-refractivity contribution in [3.63, 3.8) is 0 Å². The number of nitrogens with zero attached hydrogens (tertiary/aromatic N) is 1. The van der Waals surface area contributed by atoms with Gasteiger partial charge >= 0.3 is 0 Å². The van der Waals surface area contributed by atoms with Crippen molar-refractivity contribution in [1.29, 1.82) is 0 Å². The van der Waals surface area contributed by atoms with Crippen LogP contribution >= 0.6 is 0 Å². The van der Waals surface area contributed by atoms with Crippen molar-refractivity contribution in [2.45, 2.75) is 51.0 Å². The zero-order chi connectivity index (χ0) is 15.0. The maximum absolute atomic E-state index is 9.26. The van der Waals surface area contributed by atoms with E-state index in [2.05, 4.69) is 37.9 Å². The van der Waals surface area contributed by atoms with Crippen molar-refractivity contribution in [3.8, 4) is 0 Å². The van der Waals surface area contributed by atoms with Gasteiger partial charge in [-0.05, 0) is 34.7 Å². The summed E-state index contributed by atoms with van der Waals surface area (Å²) in [4.78, 5) is 2.39. The summed E-state index contributed by atoms with van der Waals surface area (Å²) in [6.45, 7) is 12.2. The summed E-state index contributed by atoms with van der Waals surface area (Å²) in [6.07, 6.45) is -0.0461. The molecule has 2 heterocycles. The normalized spacial score (nSPS) is 37.2. The quantitative estimate of drug-likeness (QED) is 0.787. The van der Waals surface area contributed by atoms with Crippen LogP contribution in [0.2, 0.25) is 0 Å². The molecule has 2 saturated heterocycles. The smallest absolute Gasteiger partial charge is 0.0932 e. The Kier molecular flexibility index (Phi) is 4.76. The Morgan fingerprint density at radius 2 is 1.95 bits per heavy atom. The average Bonchev–Trinajstić information content (AvgIpc) is 2.54. The van der Waals surface area contributed by atoms with E-state index < -0.39 is 0 Å². The molecule has 0 aromatic carbocycles. The third-order valence-corrected chi connectivity index (χ3v) is 4.76. The average molecular weight is 286 g/mol. The van der Waals surface area contributed by atoms with Gasteiger partial charge in [0.1, 0.15) is 0 Å². The third kappa shape index (κ3) is 3.17. The van der Waals surface area contributed by atoms with Crippen LogP contribution in [0.4, 0.5) is 0 Å². The fraction of sp³-hybridized carbons (Fsp3) is 1.00. The zero-order valence-corrected chi connectivity index (χ0v) is 13.5. The summed E-state index contributed by atoms with van der Waals surface area (Å²) in [5, 5.41) is 12.7. The lowest BCUT2D eigenvalue weighted by atomic mass is 9.82. The molecule has 0 amide bonds. The highest BCUT2D eigenvalue weighted by Gasteiger charge is 2.53. The van der Waals surface area contributed by atoms with E-state index in [1.165, 1.54) is 0 Å². The van der Waals surface area contributed by atoms with Gasteiger partial charge < -0.3 is 19.9 Å². The molecule has 3 atom stereocenters. The first-order chi connectivity index (χ1) is 9.30.